The molecule has 0 aromatic heterocycles. The molecule has 0 heterocycles. The van der Waals surface area contributed by atoms with E-state index >= 15 is 0 Å². The number of carbonyl (C=O) groups is 2. The topological polar surface area (TPSA) is 67.4 Å². The average Bonchev–Trinajstić information content (AvgIpc) is 2.26. The van der Waals surface area contributed by atoms with Crippen LogP contribution in [0.25, 0.3) is 0 Å². The molecular weight excluding hydrogens is 256 g/mol. The van der Waals surface area contributed by atoms with E-state index in [-0.39, 0.29) is 11.4 Å². The Bertz CT molecular complexity index is 516. The van der Waals surface area contributed by atoms with E-state index in [4.69, 9.17) is 4.74 Å². The van der Waals surface area contributed by atoms with Gasteiger partial charge in [0.15, 0.2) is 0 Å². The number of nitrogens with one attached hydrogen (secondary N) is 2. The zero-order valence-electron chi connectivity index (χ0n) is 12.2. The maximum Gasteiger partial charge on any atom is 0.413 e. The second-order valence-corrected chi connectivity index (χ2v) is 5.28. The van der Waals surface area contributed by atoms with Crippen molar-refractivity contribution >= 4 is 17.7 Å². The fourth-order valence-corrected chi connectivity index (χ4v) is 1.41. The quantitative estimate of drug-likeness (QED) is 0.834. The lowest BCUT2D eigenvalue weighted by Gasteiger charge is -2.19. The van der Waals surface area contributed by atoms with Crippen LogP contribution in [0.4, 0.5) is 10.5 Å². The number of amides is 2. The van der Waals surface area contributed by atoms with Crippen LogP contribution in [0.3, 0.4) is 0 Å². The minimum Gasteiger partial charge on any atom is -0.410 e. The van der Waals surface area contributed by atoms with Crippen LogP contribution in [0.5, 0.6) is 5.75 Å². The van der Waals surface area contributed by atoms with Crippen LogP contribution in [0, 0.1) is 0 Å². The average molecular weight is 276 g/mol. The molecule has 0 radical (unpaired) electrons. The van der Waals surface area contributed by atoms with E-state index in [1.807, 2.05) is 20.8 Å². The number of allylic oxidation sites excluding steroid dienone is 1. The number of ether oxygens (including phenoxy) is 1. The molecule has 2 amide bonds. The molecule has 5 nitrogen and oxygen atoms in total. The summed E-state index contributed by atoms with van der Waals surface area (Å²) in [5.41, 5.74) is 0.198. The highest BCUT2D eigenvalue weighted by atomic mass is 16.6. The first-order valence-corrected chi connectivity index (χ1v) is 6.34. The maximum atomic E-state index is 11.6. The summed E-state index contributed by atoms with van der Waals surface area (Å²) in [7, 11) is 0. The molecule has 0 unspecified atom stereocenters. The van der Waals surface area contributed by atoms with Crippen molar-refractivity contribution in [2.45, 2.75) is 33.2 Å². The van der Waals surface area contributed by atoms with Gasteiger partial charge >= 0.3 is 6.09 Å². The SMILES string of the molecule is C/C=C\C(=O)Nc1cccc(OC(=O)NC(C)(C)C)c1. The Morgan fingerprint density at radius 2 is 1.95 bits per heavy atom. The first-order valence-electron chi connectivity index (χ1n) is 6.34. The van der Waals surface area contributed by atoms with Crippen LogP contribution in [-0.4, -0.2) is 17.5 Å². The van der Waals surface area contributed by atoms with Gasteiger partial charge in [-0.25, -0.2) is 4.79 Å². The number of hydrogen-bond acceptors (Lipinski definition) is 3. The van der Waals surface area contributed by atoms with Gasteiger partial charge in [0.25, 0.3) is 0 Å². The van der Waals surface area contributed by atoms with Gasteiger partial charge in [-0.05, 0) is 45.9 Å². The van der Waals surface area contributed by atoms with Gasteiger partial charge in [0.1, 0.15) is 5.75 Å². The van der Waals surface area contributed by atoms with E-state index in [1.165, 1.54) is 6.08 Å². The number of anilines is 1. The minimum atomic E-state index is -0.533. The van der Waals surface area contributed by atoms with Gasteiger partial charge in [-0.15, -0.1) is 0 Å². The zero-order valence-corrected chi connectivity index (χ0v) is 12.2. The number of benzene rings is 1. The van der Waals surface area contributed by atoms with Crippen molar-refractivity contribution in [3.05, 3.63) is 36.4 Å². The van der Waals surface area contributed by atoms with Crippen molar-refractivity contribution in [2.24, 2.45) is 0 Å². The summed E-state index contributed by atoms with van der Waals surface area (Å²) in [6.07, 6.45) is 2.53. The second kappa shape index (κ2) is 6.75. The lowest BCUT2D eigenvalue weighted by Crippen LogP contribution is -2.42. The van der Waals surface area contributed by atoms with Gasteiger partial charge in [0, 0.05) is 17.3 Å². The van der Waals surface area contributed by atoms with Crippen LogP contribution in [0.1, 0.15) is 27.7 Å². The minimum absolute atomic E-state index is 0.233. The third kappa shape index (κ3) is 6.04. The molecule has 1 rings (SSSR count). The van der Waals surface area contributed by atoms with Crippen LogP contribution in [-0.2, 0) is 4.79 Å². The lowest BCUT2D eigenvalue weighted by atomic mass is 10.1. The van der Waals surface area contributed by atoms with Gasteiger partial charge in [-0.3, -0.25) is 4.79 Å². The molecule has 0 saturated heterocycles. The van der Waals surface area contributed by atoms with E-state index in [9.17, 15) is 9.59 Å². The van der Waals surface area contributed by atoms with Crippen LogP contribution in [0.15, 0.2) is 36.4 Å². The monoisotopic (exact) mass is 276 g/mol. The molecule has 0 spiro atoms. The van der Waals surface area contributed by atoms with Crippen LogP contribution in [0.2, 0.25) is 0 Å². The Morgan fingerprint density at radius 1 is 1.25 bits per heavy atom. The maximum absolute atomic E-state index is 11.6. The Balaban J connectivity index is 2.69. The number of hydrogen-bond donors (Lipinski definition) is 2. The number of rotatable bonds is 3. The van der Waals surface area contributed by atoms with Crippen molar-refractivity contribution in [1.82, 2.24) is 5.32 Å². The molecule has 1 aromatic carbocycles. The molecule has 1 aromatic rings. The molecule has 2 N–H and O–H groups in total. The first kappa shape index (κ1) is 15.8. The Labute approximate surface area is 119 Å². The molecular formula is C15H20N2O3. The summed E-state index contributed by atoms with van der Waals surface area (Å²) in [4.78, 5) is 23.0. The summed E-state index contributed by atoms with van der Waals surface area (Å²) < 4.78 is 5.15. The smallest absolute Gasteiger partial charge is 0.410 e. The standard InChI is InChI=1S/C15H20N2O3/c1-5-7-13(18)16-11-8-6-9-12(10-11)20-14(19)17-15(2,3)4/h5-10H,1-4H3,(H,16,18)(H,17,19)/b7-5-. The first-order chi connectivity index (χ1) is 9.30. The van der Waals surface area contributed by atoms with Gasteiger partial charge in [-0.1, -0.05) is 12.1 Å². The third-order valence-corrected chi connectivity index (χ3v) is 2.11. The van der Waals surface area contributed by atoms with Gasteiger partial charge in [0.2, 0.25) is 5.91 Å². The Kier molecular flexibility index (Phi) is 5.32. The van der Waals surface area contributed by atoms with Gasteiger partial charge in [-0.2, -0.15) is 0 Å². The van der Waals surface area contributed by atoms with Crippen molar-refractivity contribution in [3.8, 4) is 5.75 Å². The van der Waals surface area contributed by atoms with Gasteiger partial charge in [0.05, 0.1) is 0 Å². The number of carbonyl (C=O) groups excluding carboxylic acids is 2. The Morgan fingerprint density at radius 3 is 2.55 bits per heavy atom. The van der Waals surface area contributed by atoms with Crippen molar-refractivity contribution in [1.29, 1.82) is 0 Å². The van der Waals surface area contributed by atoms with Crippen LogP contribution >= 0.6 is 0 Å². The fraction of sp³-hybridized carbons (Fsp3) is 0.333. The summed E-state index contributed by atoms with van der Waals surface area (Å²) >= 11 is 0. The molecule has 0 aliphatic heterocycles. The second-order valence-electron chi connectivity index (χ2n) is 5.28. The Hall–Kier alpha value is -2.30. The largest absolute Gasteiger partial charge is 0.413 e. The normalized spacial score (nSPS) is 11.2. The highest BCUT2D eigenvalue weighted by Crippen LogP contribution is 2.17. The highest BCUT2D eigenvalue weighted by molar-refractivity contribution is 5.99. The van der Waals surface area contributed by atoms with Gasteiger partial charge < -0.3 is 15.4 Å². The highest BCUT2D eigenvalue weighted by Gasteiger charge is 2.15. The van der Waals surface area contributed by atoms with Crippen molar-refractivity contribution < 1.29 is 14.3 Å². The lowest BCUT2D eigenvalue weighted by molar-refractivity contribution is -0.111. The zero-order chi connectivity index (χ0) is 15.2. The van der Waals surface area contributed by atoms with E-state index in [0.29, 0.717) is 11.4 Å². The van der Waals surface area contributed by atoms with Crippen molar-refractivity contribution in [2.75, 3.05) is 5.32 Å². The van der Waals surface area contributed by atoms with E-state index < -0.39 is 6.09 Å². The van der Waals surface area contributed by atoms with E-state index in [2.05, 4.69) is 10.6 Å². The molecule has 0 fully saturated rings. The fourth-order valence-electron chi connectivity index (χ4n) is 1.41. The molecule has 0 bridgehead atoms. The molecule has 20 heavy (non-hydrogen) atoms. The predicted octanol–water partition coefficient (Wildman–Crippen LogP) is 3.09. The summed E-state index contributed by atoms with van der Waals surface area (Å²) in [5, 5.41) is 5.36. The molecule has 0 saturated carbocycles. The van der Waals surface area contributed by atoms with E-state index in [1.54, 1.807) is 37.3 Å². The molecule has 0 aliphatic carbocycles. The summed E-state index contributed by atoms with van der Waals surface area (Å²) in [6, 6.07) is 6.65. The predicted molar refractivity (Wildman–Crippen MR) is 78.8 cm³/mol. The molecule has 0 aliphatic rings. The summed E-state index contributed by atoms with van der Waals surface area (Å²) in [5.74, 6) is 0.133. The van der Waals surface area contributed by atoms with Crippen LogP contribution < -0.4 is 15.4 Å². The van der Waals surface area contributed by atoms with E-state index in [0.717, 1.165) is 0 Å². The molecule has 108 valence electrons. The molecule has 5 heteroatoms. The molecule has 0 atom stereocenters. The van der Waals surface area contributed by atoms with Crippen molar-refractivity contribution in [3.63, 3.8) is 0 Å². The summed E-state index contributed by atoms with van der Waals surface area (Å²) in [6.45, 7) is 7.35. The third-order valence-electron chi connectivity index (χ3n) is 2.11.